The smallest absolute Gasteiger partial charge is 0.267 e. The van der Waals surface area contributed by atoms with E-state index >= 15 is 0 Å². The number of hydrogen-bond acceptors (Lipinski definition) is 6. The van der Waals surface area contributed by atoms with Crippen molar-refractivity contribution in [1.29, 1.82) is 0 Å². The summed E-state index contributed by atoms with van der Waals surface area (Å²) in [6.07, 6.45) is 1.70. The molecule has 1 amide bonds. The zero-order chi connectivity index (χ0) is 22.7. The Kier molecular flexibility index (Phi) is 6.23. The molecular weight excluding hydrogens is 422 g/mol. The van der Waals surface area contributed by atoms with Crippen LogP contribution in [0.5, 0.6) is 0 Å². The van der Waals surface area contributed by atoms with Gasteiger partial charge >= 0.3 is 0 Å². The van der Waals surface area contributed by atoms with Gasteiger partial charge in [0.2, 0.25) is 5.91 Å². The molecule has 0 aliphatic rings. The summed E-state index contributed by atoms with van der Waals surface area (Å²) >= 11 is 1.20. The van der Waals surface area contributed by atoms with Gasteiger partial charge in [0, 0.05) is 31.7 Å². The number of aryl methyl sites for hydroxylation is 1. The summed E-state index contributed by atoms with van der Waals surface area (Å²) in [5.41, 5.74) is 3.12. The van der Waals surface area contributed by atoms with E-state index in [0.29, 0.717) is 27.6 Å². The van der Waals surface area contributed by atoms with Crippen LogP contribution >= 0.6 is 11.8 Å². The highest BCUT2D eigenvalue weighted by Crippen LogP contribution is 2.21. The topological polar surface area (TPSA) is 80.1 Å². The summed E-state index contributed by atoms with van der Waals surface area (Å²) in [6, 6.07) is 18.4. The first-order valence-corrected chi connectivity index (χ1v) is 11.1. The predicted octanol–water partition coefficient (Wildman–Crippen LogP) is 3.89. The molecule has 0 saturated heterocycles. The lowest BCUT2D eigenvalue weighted by molar-refractivity contribution is -0.113. The van der Waals surface area contributed by atoms with Gasteiger partial charge in [-0.3, -0.25) is 9.59 Å². The molecule has 0 fully saturated rings. The van der Waals surface area contributed by atoms with E-state index in [4.69, 9.17) is 0 Å². The monoisotopic (exact) mass is 445 g/mol. The Balaban J connectivity index is 1.60. The van der Waals surface area contributed by atoms with Crippen LogP contribution in [0.3, 0.4) is 0 Å². The zero-order valence-electron chi connectivity index (χ0n) is 18.1. The molecule has 2 aromatic carbocycles. The van der Waals surface area contributed by atoms with Gasteiger partial charge < -0.3 is 10.2 Å². The Morgan fingerprint density at radius 2 is 1.81 bits per heavy atom. The van der Waals surface area contributed by atoms with Crippen LogP contribution in [0.15, 0.2) is 76.8 Å². The first-order valence-electron chi connectivity index (χ1n) is 10.1. The first-order chi connectivity index (χ1) is 15.4. The van der Waals surface area contributed by atoms with E-state index in [1.807, 2.05) is 62.3 Å². The van der Waals surface area contributed by atoms with Gasteiger partial charge in [-0.1, -0.05) is 30.0 Å². The van der Waals surface area contributed by atoms with Gasteiger partial charge in [-0.2, -0.15) is 0 Å². The molecule has 32 heavy (non-hydrogen) atoms. The Hall–Kier alpha value is -3.65. The summed E-state index contributed by atoms with van der Waals surface area (Å²) in [5, 5.41) is 3.81. The van der Waals surface area contributed by atoms with Crippen LogP contribution in [0.1, 0.15) is 5.56 Å². The van der Waals surface area contributed by atoms with Crippen LogP contribution < -0.4 is 15.8 Å². The van der Waals surface area contributed by atoms with Gasteiger partial charge in [0.05, 0.1) is 16.7 Å². The average molecular weight is 446 g/mol. The molecule has 2 aromatic heterocycles. The maximum Gasteiger partial charge on any atom is 0.267 e. The van der Waals surface area contributed by atoms with Crippen molar-refractivity contribution in [3.63, 3.8) is 0 Å². The SMILES string of the molecule is Cc1ccc(-n2c(SCC(=O)Nc3ccc(N(C)C)cc3)nc3ccccc3c2=O)nc1. The fourth-order valence-corrected chi connectivity index (χ4v) is 3.97. The highest BCUT2D eigenvalue weighted by atomic mass is 32.2. The van der Waals surface area contributed by atoms with Crippen molar-refractivity contribution in [3.8, 4) is 5.82 Å². The molecule has 0 saturated carbocycles. The molecule has 0 spiro atoms. The third kappa shape index (κ3) is 4.65. The van der Waals surface area contributed by atoms with E-state index in [1.165, 1.54) is 16.3 Å². The quantitative estimate of drug-likeness (QED) is 0.358. The second-order valence-corrected chi connectivity index (χ2v) is 8.47. The number of pyridine rings is 1. The summed E-state index contributed by atoms with van der Waals surface area (Å²) in [4.78, 5) is 36.8. The van der Waals surface area contributed by atoms with Crippen molar-refractivity contribution < 1.29 is 4.79 Å². The van der Waals surface area contributed by atoms with E-state index in [2.05, 4.69) is 15.3 Å². The molecule has 0 unspecified atom stereocenters. The minimum absolute atomic E-state index is 0.103. The van der Waals surface area contributed by atoms with Crippen molar-refractivity contribution in [3.05, 3.63) is 82.8 Å². The van der Waals surface area contributed by atoms with Crippen LogP contribution in [0.2, 0.25) is 0 Å². The van der Waals surface area contributed by atoms with Gasteiger partial charge in [0.1, 0.15) is 5.82 Å². The van der Waals surface area contributed by atoms with E-state index in [9.17, 15) is 9.59 Å². The number of carbonyl (C=O) groups is 1. The average Bonchev–Trinajstić information content (AvgIpc) is 2.79. The summed E-state index contributed by atoms with van der Waals surface area (Å²) in [6.45, 7) is 1.93. The molecular formula is C24H23N5O2S. The van der Waals surface area contributed by atoms with Crippen molar-refractivity contribution in [2.45, 2.75) is 12.1 Å². The van der Waals surface area contributed by atoms with Gasteiger partial charge in [-0.15, -0.1) is 0 Å². The third-order valence-corrected chi connectivity index (χ3v) is 5.81. The van der Waals surface area contributed by atoms with Gasteiger partial charge in [-0.05, 0) is 55.0 Å². The van der Waals surface area contributed by atoms with Crippen LogP contribution in [0.4, 0.5) is 11.4 Å². The number of fused-ring (bicyclic) bond motifs is 1. The Morgan fingerprint density at radius 3 is 2.50 bits per heavy atom. The molecule has 7 nitrogen and oxygen atoms in total. The maximum absolute atomic E-state index is 13.2. The predicted molar refractivity (Wildman–Crippen MR) is 130 cm³/mol. The molecule has 2 heterocycles. The standard InChI is InChI=1S/C24H23N5O2S/c1-16-8-13-21(25-14-16)29-23(31)19-6-4-5-7-20(19)27-24(29)32-15-22(30)26-17-9-11-18(12-10-17)28(2)3/h4-14H,15H2,1-3H3,(H,26,30). The molecule has 8 heteroatoms. The molecule has 162 valence electrons. The van der Waals surface area contributed by atoms with Crippen molar-refractivity contribution in [2.75, 3.05) is 30.1 Å². The van der Waals surface area contributed by atoms with Crippen molar-refractivity contribution in [1.82, 2.24) is 14.5 Å². The van der Waals surface area contributed by atoms with Crippen LogP contribution in [-0.2, 0) is 4.79 Å². The van der Waals surface area contributed by atoms with E-state index in [-0.39, 0.29) is 17.2 Å². The number of aromatic nitrogens is 3. The number of hydrogen-bond donors (Lipinski definition) is 1. The number of carbonyl (C=O) groups excluding carboxylic acids is 1. The lowest BCUT2D eigenvalue weighted by Crippen LogP contribution is -2.23. The number of nitrogens with one attached hydrogen (secondary N) is 1. The molecule has 0 atom stereocenters. The second kappa shape index (κ2) is 9.23. The number of anilines is 2. The highest BCUT2D eigenvalue weighted by Gasteiger charge is 2.15. The second-order valence-electron chi connectivity index (χ2n) is 7.52. The fraction of sp³-hybridized carbons (Fsp3) is 0.167. The Morgan fingerprint density at radius 1 is 1.06 bits per heavy atom. The molecule has 0 aliphatic heterocycles. The van der Waals surface area contributed by atoms with E-state index < -0.39 is 0 Å². The zero-order valence-corrected chi connectivity index (χ0v) is 18.9. The number of benzene rings is 2. The first kappa shape index (κ1) is 21.6. The lowest BCUT2D eigenvalue weighted by Gasteiger charge is -2.14. The van der Waals surface area contributed by atoms with Gasteiger partial charge in [0.25, 0.3) is 5.56 Å². The number of amides is 1. The van der Waals surface area contributed by atoms with E-state index in [1.54, 1.807) is 30.5 Å². The molecule has 0 radical (unpaired) electrons. The van der Waals surface area contributed by atoms with Gasteiger partial charge in [-0.25, -0.2) is 14.5 Å². The number of rotatable bonds is 6. The largest absolute Gasteiger partial charge is 0.378 e. The lowest BCUT2D eigenvalue weighted by atomic mass is 10.2. The van der Waals surface area contributed by atoms with Crippen LogP contribution in [0.25, 0.3) is 16.7 Å². The highest BCUT2D eigenvalue weighted by molar-refractivity contribution is 7.99. The molecule has 1 N–H and O–H groups in total. The number of para-hydroxylation sites is 1. The minimum Gasteiger partial charge on any atom is -0.378 e. The van der Waals surface area contributed by atoms with Crippen LogP contribution in [-0.4, -0.2) is 40.3 Å². The molecule has 4 aromatic rings. The normalized spacial score (nSPS) is 10.8. The number of nitrogens with zero attached hydrogens (tertiary/aromatic N) is 4. The Labute approximate surface area is 190 Å². The van der Waals surface area contributed by atoms with Crippen molar-refractivity contribution in [2.24, 2.45) is 0 Å². The van der Waals surface area contributed by atoms with Crippen LogP contribution in [0, 0.1) is 6.92 Å². The fourth-order valence-electron chi connectivity index (χ4n) is 3.17. The van der Waals surface area contributed by atoms with E-state index in [0.717, 1.165) is 11.3 Å². The Bertz CT molecular complexity index is 1320. The number of thioether (sulfide) groups is 1. The van der Waals surface area contributed by atoms with Crippen molar-refractivity contribution >= 4 is 39.9 Å². The molecule has 0 bridgehead atoms. The maximum atomic E-state index is 13.2. The minimum atomic E-state index is -0.214. The third-order valence-electron chi connectivity index (χ3n) is 4.87. The molecule has 0 aliphatic carbocycles. The summed E-state index contributed by atoms with van der Waals surface area (Å²) in [5.74, 6) is 0.394. The van der Waals surface area contributed by atoms with Gasteiger partial charge in [0.15, 0.2) is 5.16 Å². The molecule has 4 rings (SSSR count). The summed E-state index contributed by atoms with van der Waals surface area (Å²) in [7, 11) is 3.92. The summed E-state index contributed by atoms with van der Waals surface area (Å²) < 4.78 is 1.46.